The number of nitrogens with zero attached hydrogens (tertiary/aromatic N) is 2. The molecule has 0 aromatic heterocycles. The number of aliphatic imine (C=N–C) groups is 1. The van der Waals surface area contributed by atoms with Crippen LogP contribution in [0.1, 0.15) is 32.6 Å². The van der Waals surface area contributed by atoms with Crippen molar-refractivity contribution in [1.82, 2.24) is 15.5 Å². The first-order valence-corrected chi connectivity index (χ1v) is 8.95. The van der Waals surface area contributed by atoms with Crippen LogP contribution in [-0.4, -0.2) is 62.8 Å². The Labute approximate surface area is 140 Å². The van der Waals surface area contributed by atoms with Crippen molar-refractivity contribution in [3.63, 3.8) is 0 Å². The van der Waals surface area contributed by atoms with Crippen molar-refractivity contribution in [3.05, 3.63) is 24.3 Å². The molecule has 2 heterocycles. The van der Waals surface area contributed by atoms with E-state index in [4.69, 9.17) is 9.73 Å². The second-order valence-corrected chi connectivity index (χ2v) is 6.21. The zero-order chi connectivity index (χ0) is 16.3. The maximum Gasteiger partial charge on any atom is 0.191 e. The van der Waals surface area contributed by atoms with Crippen LogP contribution in [0.25, 0.3) is 0 Å². The van der Waals surface area contributed by atoms with Crippen LogP contribution in [0.5, 0.6) is 0 Å². The zero-order valence-electron chi connectivity index (χ0n) is 14.5. The van der Waals surface area contributed by atoms with E-state index in [0.29, 0.717) is 6.04 Å². The summed E-state index contributed by atoms with van der Waals surface area (Å²) in [6.07, 6.45) is 8.62. The lowest BCUT2D eigenvalue weighted by Gasteiger charge is -2.32. The highest BCUT2D eigenvalue weighted by Gasteiger charge is 2.18. The summed E-state index contributed by atoms with van der Waals surface area (Å²) in [6, 6.07) is 0.524. The maximum absolute atomic E-state index is 5.35. The van der Waals surface area contributed by atoms with Gasteiger partial charge >= 0.3 is 0 Å². The lowest BCUT2D eigenvalue weighted by molar-refractivity contribution is 0.153. The van der Waals surface area contributed by atoms with Gasteiger partial charge in [-0.3, -0.25) is 9.89 Å². The summed E-state index contributed by atoms with van der Waals surface area (Å²) >= 11 is 0. The quantitative estimate of drug-likeness (QED) is 0.427. The second-order valence-electron chi connectivity index (χ2n) is 6.21. The predicted molar refractivity (Wildman–Crippen MR) is 96.9 cm³/mol. The van der Waals surface area contributed by atoms with E-state index in [-0.39, 0.29) is 0 Å². The van der Waals surface area contributed by atoms with Crippen LogP contribution in [0, 0.1) is 0 Å². The lowest BCUT2D eigenvalue weighted by atomic mass is 10.1. The summed E-state index contributed by atoms with van der Waals surface area (Å²) < 4.78 is 5.35. The summed E-state index contributed by atoms with van der Waals surface area (Å²) in [5.74, 6) is 0.960. The van der Waals surface area contributed by atoms with Gasteiger partial charge in [0.1, 0.15) is 0 Å². The molecule has 0 aromatic carbocycles. The van der Waals surface area contributed by atoms with Gasteiger partial charge in [-0.15, -0.1) is 6.58 Å². The highest BCUT2D eigenvalue weighted by Crippen LogP contribution is 2.12. The number of hydrogen-bond donors (Lipinski definition) is 2. The molecule has 23 heavy (non-hydrogen) atoms. The van der Waals surface area contributed by atoms with Crippen molar-refractivity contribution in [3.8, 4) is 0 Å². The van der Waals surface area contributed by atoms with Gasteiger partial charge in [-0.05, 0) is 32.6 Å². The Bertz CT molecular complexity index is 411. The Morgan fingerprint density at radius 2 is 2.30 bits per heavy atom. The first kappa shape index (κ1) is 18.0. The van der Waals surface area contributed by atoms with Gasteiger partial charge in [0, 0.05) is 38.8 Å². The average Bonchev–Trinajstić information content (AvgIpc) is 2.58. The molecule has 0 saturated carbocycles. The molecular weight excluding hydrogens is 288 g/mol. The van der Waals surface area contributed by atoms with E-state index in [9.17, 15) is 0 Å². The van der Waals surface area contributed by atoms with Crippen molar-refractivity contribution >= 4 is 5.96 Å². The van der Waals surface area contributed by atoms with Crippen molar-refractivity contribution in [2.45, 2.75) is 38.6 Å². The summed E-state index contributed by atoms with van der Waals surface area (Å²) in [4.78, 5) is 7.19. The molecule has 2 aliphatic rings. The fourth-order valence-electron chi connectivity index (χ4n) is 3.06. The third-order valence-electron chi connectivity index (χ3n) is 4.42. The zero-order valence-corrected chi connectivity index (χ0v) is 14.5. The molecule has 0 unspecified atom stereocenters. The van der Waals surface area contributed by atoms with E-state index < -0.39 is 0 Å². The number of guanidine groups is 1. The van der Waals surface area contributed by atoms with E-state index in [1.807, 2.05) is 6.08 Å². The van der Waals surface area contributed by atoms with Gasteiger partial charge < -0.3 is 15.4 Å². The van der Waals surface area contributed by atoms with Crippen LogP contribution in [0.15, 0.2) is 29.3 Å². The minimum atomic E-state index is 0.524. The maximum atomic E-state index is 5.35. The molecule has 5 heteroatoms. The van der Waals surface area contributed by atoms with Gasteiger partial charge in [0.25, 0.3) is 0 Å². The molecule has 0 aromatic rings. The standard InChI is InChI=1S/C18H32N4O/c1-3-11-22-12-6-17(7-13-22)21-18(19-4-2)20-10-5-16-8-14-23-15-9-16/h3,8,17H,1,4-7,9-15H2,2H3,(H2,19,20,21). The Hall–Kier alpha value is -1.33. The molecular formula is C18H32N4O. The first-order valence-electron chi connectivity index (χ1n) is 8.95. The summed E-state index contributed by atoms with van der Waals surface area (Å²) in [5, 5.41) is 6.97. The van der Waals surface area contributed by atoms with Gasteiger partial charge in [0.15, 0.2) is 5.96 Å². The van der Waals surface area contributed by atoms with Gasteiger partial charge in [0.05, 0.1) is 13.2 Å². The van der Waals surface area contributed by atoms with E-state index in [1.165, 1.54) is 18.4 Å². The Kier molecular flexibility index (Phi) is 8.18. The normalized spacial score (nSPS) is 20.9. The Balaban J connectivity index is 1.75. The molecule has 1 fully saturated rings. The minimum absolute atomic E-state index is 0.524. The first-order chi connectivity index (χ1) is 11.3. The topological polar surface area (TPSA) is 48.9 Å². The Morgan fingerprint density at radius 1 is 1.48 bits per heavy atom. The molecule has 1 saturated heterocycles. The highest BCUT2D eigenvalue weighted by atomic mass is 16.5. The van der Waals surface area contributed by atoms with E-state index in [2.05, 4.69) is 35.1 Å². The van der Waals surface area contributed by atoms with E-state index in [1.54, 1.807) is 0 Å². The van der Waals surface area contributed by atoms with Crippen LogP contribution < -0.4 is 10.6 Å². The molecule has 0 aliphatic carbocycles. The number of ether oxygens (including phenoxy) is 1. The minimum Gasteiger partial charge on any atom is -0.377 e. The third kappa shape index (κ3) is 6.75. The fourth-order valence-corrected chi connectivity index (χ4v) is 3.06. The molecule has 0 atom stereocenters. The number of hydrogen-bond acceptors (Lipinski definition) is 3. The van der Waals surface area contributed by atoms with E-state index in [0.717, 1.165) is 64.7 Å². The van der Waals surface area contributed by atoms with Crippen LogP contribution in [0.2, 0.25) is 0 Å². The molecule has 2 N–H and O–H groups in total. The number of nitrogens with one attached hydrogen (secondary N) is 2. The summed E-state index contributed by atoms with van der Waals surface area (Å²) in [6.45, 7) is 12.6. The Morgan fingerprint density at radius 3 is 2.96 bits per heavy atom. The van der Waals surface area contributed by atoms with Crippen LogP contribution in [0.4, 0.5) is 0 Å². The number of rotatable bonds is 7. The lowest BCUT2D eigenvalue weighted by Crippen LogP contribution is -2.48. The molecule has 0 radical (unpaired) electrons. The van der Waals surface area contributed by atoms with Crippen molar-refractivity contribution in [1.29, 1.82) is 0 Å². The monoisotopic (exact) mass is 320 g/mol. The van der Waals surface area contributed by atoms with E-state index >= 15 is 0 Å². The number of piperidine rings is 1. The number of likely N-dealkylation sites (tertiary alicyclic amines) is 1. The van der Waals surface area contributed by atoms with Crippen LogP contribution >= 0.6 is 0 Å². The molecule has 0 bridgehead atoms. The molecule has 130 valence electrons. The van der Waals surface area contributed by atoms with Gasteiger partial charge in [-0.25, -0.2) is 0 Å². The molecule has 0 amide bonds. The average molecular weight is 320 g/mol. The summed E-state index contributed by atoms with van der Waals surface area (Å²) in [7, 11) is 0. The molecule has 2 rings (SSSR count). The fraction of sp³-hybridized carbons (Fsp3) is 0.722. The van der Waals surface area contributed by atoms with Crippen molar-refractivity contribution < 1.29 is 4.74 Å². The van der Waals surface area contributed by atoms with Gasteiger partial charge in [-0.1, -0.05) is 17.7 Å². The third-order valence-corrected chi connectivity index (χ3v) is 4.42. The smallest absolute Gasteiger partial charge is 0.191 e. The van der Waals surface area contributed by atoms with Gasteiger partial charge in [-0.2, -0.15) is 0 Å². The second kappa shape index (κ2) is 10.4. The largest absolute Gasteiger partial charge is 0.377 e. The summed E-state index contributed by atoms with van der Waals surface area (Å²) in [5.41, 5.74) is 1.48. The van der Waals surface area contributed by atoms with Crippen molar-refractivity contribution in [2.75, 3.05) is 45.9 Å². The highest BCUT2D eigenvalue weighted by molar-refractivity contribution is 5.80. The van der Waals surface area contributed by atoms with Crippen molar-refractivity contribution in [2.24, 2.45) is 4.99 Å². The predicted octanol–water partition coefficient (Wildman–Crippen LogP) is 1.93. The molecule has 0 spiro atoms. The molecule has 2 aliphatic heterocycles. The van der Waals surface area contributed by atoms with Gasteiger partial charge in [0.2, 0.25) is 0 Å². The SMILES string of the molecule is C=CCN1CCC(NC(=NCCC2=CCOCC2)NCC)CC1. The van der Waals surface area contributed by atoms with Crippen LogP contribution in [-0.2, 0) is 4.74 Å². The molecule has 5 nitrogen and oxygen atoms in total. The van der Waals surface area contributed by atoms with Crippen LogP contribution in [0.3, 0.4) is 0 Å².